The Labute approximate surface area is 88.5 Å². The van der Waals surface area contributed by atoms with Crippen LogP contribution in [0.4, 0.5) is 0 Å². The Morgan fingerprint density at radius 1 is 1.47 bits per heavy atom. The van der Waals surface area contributed by atoms with Crippen LogP contribution in [-0.4, -0.2) is 23.4 Å². The number of methoxy groups -OCH3 is 1. The van der Waals surface area contributed by atoms with Crippen molar-refractivity contribution < 1.29 is 14.9 Å². The molecule has 1 atom stereocenters. The molecule has 0 aliphatic heterocycles. The van der Waals surface area contributed by atoms with Gasteiger partial charge in [-0.1, -0.05) is 6.07 Å². The fraction of sp³-hybridized carbons (Fsp3) is 0.455. The summed E-state index contributed by atoms with van der Waals surface area (Å²) >= 11 is 0. The molecular weight excluding hydrogens is 194 g/mol. The summed E-state index contributed by atoms with van der Waals surface area (Å²) in [6.45, 7) is 0. The molecule has 3 N–H and O–H groups in total. The summed E-state index contributed by atoms with van der Waals surface area (Å²) in [5.41, 5.74) is 0.409. The van der Waals surface area contributed by atoms with Gasteiger partial charge in [0.15, 0.2) is 0 Å². The van der Waals surface area contributed by atoms with Gasteiger partial charge in [-0.15, -0.1) is 0 Å². The molecule has 15 heavy (non-hydrogen) atoms. The van der Waals surface area contributed by atoms with Gasteiger partial charge in [-0.2, -0.15) is 0 Å². The van der Waals surface area contributed by atoms with Crippen LogP contribution in [0.5, 0.6) is 11.5 Å². The second-order valence-electron chi connectivity index (χ2n) is 3.74. The van der Waals surface area contributed by atoms with E-state index in [2.05, 4.69) is 5.32 Å². The molecule has 0 radical (unpaired) electrons. The lowest BCUT2D eigenvalue weighted by atomic mass is 10.1. The van der Waals surface area contributed by atoms with E-state index in [1.54, 1.807) is 12.1 Å². The van der Waals surface area contributed by atoms with Gasteiger partial charge < -0.3 is 14.9 Å². The molecule has 1 fully saturated rings. The fourth-order valence-corrected chi connectivity index (χ4v) is 1.54. The molecular formula is C11H15NO3. The lowest BCUT2D eigenvalue weighted by Gasteiger charge is -2.16. The zero-order valence-corrected chi connectivity index (χ0v) is 8.60. The maximum absolute atomic E-state index is 9.87. The van der Waals surface area contributed by atoms with Crippen LogP contribution in [0.2, 0.25) is 0 Å². The molecule has 0 bridgehead atoms. The molecule has 1 aromatic rings. The number of aliphatic hydroxyl groups excluding tert-OH is 1. The van der Waals surface area contributed by atoms with Crippen LogP contribution in [0.3, 0.4) is 0 Å². The third-order valence-corrected chi connectivity index (χ3v) is 2.51. The summed E-state index contributed by atoms with van der Waals surface area (Å²) < 4.78 is 5.09. The highest BCUT2D eigenvalue weighted by Gasteiger charge is 2.26. The van der Waals surface area contributed by atoms with Crippen molar-refractivity contribution in [3.63, 3.8) is 0 Å². The molecule has 4 heteroatoms. The van der Waals surface area contributed by atoms with Gasteiger partial charge in [0.2, 0.25) is 0 Å². The van der Waals surface area contributed by atoms with Crippen molar-refractivity contribution in [2.75, 3.05) is 7.11 Å². The van der Waals surface area contributed by atoms with Crippen LogP contribution < -0.4 is 10.1 Å². The number of aliphatic hydroxyl groups is 1. The smallest absolute Gasteiger partial charge is 0.138 e. The highest BCUT2D eigenvalue weighted by Crippen LogP contribution is 2.33. The molecule has 1 saturated carbocycles. The van der Waals surface area contributed by atoms with E-state index < -0.39 is 6.23 Å². The maximum atomic E-state index is 9.87. The van der Waals surface area contributed by atoms with Crippen LogP contribution in [-0.2, 0) is 0 Å². The number of rotatable bonds is 4. The first-order valence-electron chi connectivity index (χ1n) is 5.02. The van der Waals surface area contributed by atoms with Crippen molar-refractivity contribution in [1.29, 1.82) is 0 Å². The van der Waals surface area contributed by atoms with Crippen LogP contribution in [0.25, 0.3) is 0 Å². The van der Waals surface area contributed by atoms with E-state index in [0.29, 0.717) is 17.4 Å². The highest BCUT2D eigenvalue weighted by molar-refractivity contribution is 5.45. The van der Waals surface area contributed by atoms with Crippen molar-refractivity contribution >= 4 is 0 Å². The third kappa shape index (κ3) is 2.22. The largest absolute Gasteiger partial charge is 0.507 e. The molecule has 0 amide bonds. The van der Waals surface area contributed by atoms with Crippen molar-refractivity contribution in [2.24, 2.45) is 0 Å². The first-order valence-corrected chi connectivity index (χ1v) is 5.02. The molecule has 2 rings (SSSR count). The van der Waals surface area contributed by atoms with Crippen LogP contribution in [0.15, 0.2) is 18.2 Å². The average Bonchev–Trinajstić information content (AvgIpc) is 3.00. The Kier molecular flexibility index (Phi) is 2.79. The first kappa shape index (κ1) is 10.3. The minimum atomic E-state index is -0.867. The number of ether oxygens (including phenoxy) is 1. The predicted molar refractivity (Wildman–Crippen MR) is 55.8 cm³/mol. The van der Waals surface area contributed by atoms with E-state index in [4.69, 9.17) is 4.74 Å². The Bertz CT molecular complexity index is 350. The van der Waals surface area contributed by atoms with Gasteiger partial charge in [0.1, 0.15) is 17.7 Å². The lowest BCUT2D eigenvalue weighted by molar-refractivity contribution is 0.130. The summed E-state index contributed by atoms with van der Waals surface area (Å²) in [6, 6.07) is 5.30. The molecule has 1 unspecified atom stereocenters. The summed E-state index contributed by atoms with van der Waals surface area (Å²) in [5, 5.41) is 22.5. The number of phenols is 1. The number of aromatic hydroxyl groups is 1. The van der Waals surface area contributed by atoms with E-state index in [1.165, 1.54) is 13.2 Å². The minimum absolute atomic E-state index is 0.0509. The van der Waals surface area contributed by atoms with E-state index in [0.717, 1.165) is 12.8 Å². The van der Waals surface area contributed by atoms with Crippen LogP contribution in [0, 0.1) is 0 Å². The van der Waals surface area contributed by atoms with Gasteiger partial charge in [-0.3, -0.25) is 5.32 Å². The standard InChI is InChI=1S/C11H15NO3/c1-15-9-4-2-3-8(13)10(9)11(14)12-7-5-6-7/h2-4,7,11-14H,5-6H2,1H3. The van der Waals surface area contributed by atoms with Gasteiger partial charge >= 0.3 is 0 Å². The van der Waals surface area contributed by atoms with Gasteiger partial charge in [0.05, 0.1) is 12.7 Å². The van der Waals surface area contributed by atoms with E-state index in [-0.39, 0.29) is 5.75 Å². The lowest BCUT2D eigenvalue weighted by Crippen LogP contribution is -2.23. The minimum Gasteiger partial charge on any atom is -0.507 e. The number of nitrogens with one attached hydrogen (secondary N) is 1. The zero-order valence-electron chi connectivity index (χ0n) is 8.60. The summed E-state index contributed by atoms with van der Waals surface area (Å²) in [7, 11) is 1.52. The molecule has 0 aromatic heterocycles. The third-order valence-electron chi connectivity index (χ3n) is 2.51. The van der Waals surface area contributed by atoms with Crippen molar-refractivity contribution in [3.8, 4) is 11.5 Å². The summed E-state index contributed by atoms with van der Waals surface area (Å²) in [4.78, 5) is 0. The number of benzene rings is 1. The molecule has 1 aliphatic rings. The highest BCUT2D eigenvalue weighted by atomic mass is 16.5. The normalized spacial score (nSPS) is 17.5. The monoisotopic (exact) mass is 209 g/mol. The second-order valence-corrected chi connectivity index (χ2v) is 3.74. The average molecular weight is 209 g/mol. The quantitative estimate of drug-likeness (QED) is 0.651. The second kappa shape index (κ2) is 4.08. The Morgan fingerprint density at radius 3 is 2.80 bits per heavy atom. The summed E-state index contributed by atoms with van der Waals surface area (Å²) in [6.07, 6.45) is 1.29. The zero-order chi connectivity index (χ0) is 10.8. The number of phenolic OH excluding ortho intramolecular Hbond substituents is 1. The van der Waals surface area contributed by atoms with Crippen LogP contribution in [0.1, 0.15) is 24.6 Å². The molecule has 4 nitrogen and oxygen atoms in total. The molecule has 1 aliphatic carbocycles. The SMILES string of the molecule is COc1cccc(O)c1C(O)NC1CC1. The molecule has 0 saturated heterocycles. The van der Waals surface area contributed by atoms with Crippen LogP contribution >= 0.6 is 0 Å². The number of hydrogen-bond acceptors (Lipinski definition) is 4. The predicted octanol–water partition coefficient (Wildman–Crippen LogP) is 1.14. The Balaban J connectivity index is 2.22. The van der Waals surface area contributed by atoms with E-state index >= 15 is 0 Å². The fourth-order valence-electron chi connectivity index (χ4n) is 1.54. The topological polar surface area (TPSA) is 61.7 Å². The van der Waals surface area contributed by atoms with Crippen molar-refractivity contribution in [3.05, 3.63) is 23.8 Å². The van der Waals surface area contributed by atoms with E-state index in [1.807, 2.05) is 0 Å². The van der Waals surface area contributed by atoms with Gasteiger partial charge in [0, 0.05) is 6.04 Å². The molecule has 82 valence electrons. The Morgan fingerprint density at radius 2 is 2.20 bits per heavy atom. The first-order chi connectivity index (χ1) is 7.22. The molecule has 0 spiro atoms. The maximum Gasteiger partial charge on any atom is 0.138 e. The number of hydrogen-bond donors (Lipinski definition) is 3. The Hall–Kier alpha value is -1.26. The van der Waals surface area contributed by atoms with Gasteiger partial charge in [0.25, 0.3) is 0 Å². The summed E-state index contributed by atoms with van der Waals surface area (Å²) in [5.74, 6) is 0.547. The van der Waals surface area contributed by atoms with Crippen molar-refractivity contribution in [1.82, 2.24) is 5.32 Å². The molecule has 0 heterocycles. The van der Waals surface area contributed by atoms with Gasteiger partial charge in [-0.25, -0.2) is 0 Å². The molecule has 1 aromatic carbocycles. The van der Waals surface area contributed by atoms with Crippen molar-refractivity contribution in [2.45, 2.75) is 25.1 Å². The van der Waals surface area contributed by atoms with Gasteiger partial charge in [-0.05, 0) is 25.0 Å². The van der Waals surface area contributed by atoms with E-state index in [9.17, 15) is 10.2 Å².